The number of benzene rings is 1. The van der Waals surface area contributed by atoms with Crippen molar-refractivity contribution in [1.29, 1.82) is 0 Å². The quantitative estimate of drug-likeness (QED) is 0.616. The number of nitrogens with zero attached hydrogens (tertiary/aromatic N) is 1. The van der Waals surface area contributed by atoms with E-state index >= 15 is 0 Å². The molecule has 2 rings (SSSR count). The number of carbonyl (C=O) groups is 1. The van der Waals surface area contributed by atoms with Gasteiger partial charge in [0.15, 0.2) is 8.32 Å². The Morgan fingerprint density at radius 1 is 1.30 bits per heavy atom. The standard InChI is InChI=1S/C18H25NO3Si/c1-18(2,3)23(4,5)22-13-9-12-19-16(14-21-17(19)20)15-10-7-6-8-11-15/h6-8,10-11,16H,13-14H2,1-5H3/t16-/m0/s1. The largest absolute Gasteiger partial charge is 0.446 e. The van der Waals surface area contributed by atoms with Gasteiger partial charge in [-0.05, 0) is 23.7 Å². The van der Waals surface area contributed by atoms with Crippen molar-refractivity contribution in [2.45, 2.75) is 44.9 Å². The van der Waals surface area contributed by atoms with E-state index in [1.54, 1.807) is 0 Å². The van der Waals surface area contributed by atoms with Crippen LogP contribution >= 0.6 is 0 Å². The maximum atomic E-state index is 11.9. The van der Waals surface area contributed by atoms with Gasteiger partial charge in [-0.1, -0.05) is 57.0 Å². The van der Waals surface area contributed by atoms with Gasteiger partial charge in [-0.25, -0.2) is 9.69 Å². The van der Waals surface area contributed by atoms with E-state index in [-0.39, 0.29) is 11.1 Å². The first kappa shape index (κ1) is 17.6. The molecule has 1 amide bonds. The molecule has 4 nitrogen and oxygen atoms in total. The first-order chi connectivity index (χ1) is 10.7. The molecule has 1 atom stereocenters. The van der Waals surface area contributed by atoms with Gasteiger partial charge < -0.3 is 9.16 Å². The van der Waals surface area contributed by atoms with Crippen molar-refractivity contribution < 1.29 is 14.0 Å². The maximum Gasteiger partial charge on any atom is 0.422 e. The van der Waals surface area contributed by atoms with E-state index in [2.05, 4.69) is 45.8 Å². The zero-order chi connectivity index (χ0) is 17.1. The molecule has 0 unspecified atom stereocenters. The van der Waals surface area contributed by atoms with Crippen molar-refractivity contribution in [1.82, 2.24) is 4.90 Å². The van der Waals surface area contributed by atoms with Crippen molar-refractivity contribution in [3.05, 3.63) is 35.9 Å². The Labute approximate surface area is 139 Å². The SMILES string of the molecule is CC(C)(C)[Si](C)(C)OCC#CN1C(=O)OC[C@H]1c1ccccc1. The van der Waals surface area contributed by atoms with E-state index < -0.39 is 14.4 Å². The Morgan fingerprint density at radius 2 is 1.96 bits per heavy atom. The smallest absolute Gasteiger partial charge is 0.422 e. The van der Waals surface area contributed by atoms with Crippen LogP contribution in [-0.2, 0) is 9.16 Å². The van der Waals surface area contributed by atoms with Gasteiger partial charge in [0.05, 0.1) is 6.61 Å². The average molecular weight is 331 g/mol. The molecule has 1 saturated heterocycles. The molecule has 1 fully saturated rings. The highest BCUT2D eigenvalue weighted by molar-refractivity contribution is 6.74. The molecule has 0 aliphatic carbocycles. The summed E-state index contributed by atoms with van der Waals surface area (Å²) >= 11 is 0. The van der Waals surface area contributed by atoms with Crippen LogP contribution in [-0.4, -0.2) is 32.5 Å². The van der Waals surface area contributed by atoms with Crippen LogP contribution < -0.4 is 0 Å². The van der Waals surface area contributed by atoms with Crippen molar-refractivity contribution in [3.8, 4) is 12.0 Å². The molecular weight excluding hydrogens is 306 g/mol. The number of rotatable bonds is 3. The maximum absolute atomic E-state index is 11.9. The zero-order valence-corrected chi connectivity index (χ0v) is 15.6. The second-order valence-electron chi connectivity index (χ2n) is 7.21. The summed E-state index contributed by atoms with van der Waals surface area (Å²) in [6.07, 6.45) is -0.390. The topological polar surface area (TPSA) is 38.8 Å². The lowest BCUT2D eigenvalue weighted by atomic mass is 10.1. The van der Waals surface area contributed by atoms with Gasteiger partial charge in [0, 0.05) is 6.04 Å². The monoisotopic (exact) mass is 331 g/mol. The van der Waals surface area contributed by atoms with Crippen molar-refractivity contribution >= 4 is 14.4 Å². The Morgan fingerprint density at radius 3 is 2.57 bits per heavy atom. The minimum absolute atomic E-state index is 0.147. The van der Waals surface area contributed by atoms with Gasteiger partial charge in [0.25, 0.3) is 0 Å². The van der Waals surface area contributed by atoms with Crippen LogP contribution in [0, 0.1) is 12.0 Å². The van der Waals surface area contributed by atoms with Gasteiger partial charge in [-0.3, -0.25) is 0 Å². The predicted octanol–water partition coefficient (Wildman–Crippen LogP) is 4.16. The van der Waals surface area contributed by atoms with Crippen molar-refractivity contribution in [2.75, 3.05) is 13.2 Å². The molecule has 124 valence electrons. The molecule has 5 heteroatoms. The summed E-state index contributed by atoms with van der Waals surface area (Å²) in [6.45, 7) is 11.6. The molecule has 1 heterocycles. The van der Waals surface area contributed by atoms with Crippen LogP contribution in [0.25, 0.3) is 0 Å². The van der Waals surface area contributed by atoms with Gasteiger partial charge >= 0.3 is 6.09 Å². The normalized spacial score (nSPS) is 18.4. The van der Waals surface area contributed by atoms with Crippen LogP contribution in [0.15, 0.2) is 30.3 Å². The fourth-order valence-electron chi connectivity index (χ4n) is 2.02. The lowest BCUT2D eigenvalue weighted by Crippen LogP contribution is -2.40. The highest BCUT2D eigenvalue weighted by atomic mass is 28.4. The summed E-state index contributed by atoms with van der Waals surface area (Å²) in [5.41, 5.74) is 1.03. The zero-order valence-electron chi connectivity index (χ0n) is 14.6. The van der Waals surface area contributed by atoms with Gasteiger partial charge in [-0.15, -0.1) is 0 Å². The molecule has 1 aromatic rings. The second kappa shape index (κ2) is 6.77. The highest BCUT2D eigenvalue weighted by Gasteiger charge is 2.37. The summed E-state index contributed by atoms with van der Waals surface area (Å²) in [7, 11) is -1.82. The Bertz CT molecular complexity index is 611. The van der Waals surface area contributed by atoms with Crippen LogP contribution in [0.1, 0.15) is 32.4 Å². The molecule has 1 aromatic carbocycles. The first-order valence-corrected chi connectivity index (χ1v) is 10.8. The average Bonchev–Trinajstić information content (AvgIpc) is 2.84. The van der Waals surface area contributed by atoms with Gasteiger partial charge in [0.2, 0.25) is 0 Å². The first-order valence-electron chi connectivity index (χ1n) is 7.86. The summed E-state index contributed by atoms with van der Waals surface area (Å²) in [6, 6.07) is 12.6. The molecule has 0 aromatic heterocycles. The second-order valence-corrected chi connectivity index (χ2v) is 12.0. The summed E-state index contributed by atoms with van der Waals surface area (Å²) in [4.78, 5) is 13.3. The number of hydrogen-bond acceptors (Lipinski definition) is 3. The molecule has 1 aliphatic heterocycles. The number of hydrogen-bond donors (Lipinski definition) is 0. The van der Waals surface area contributed by atoms with E-state index in [9.17, 15) is 4.79 Å². The molecule has 0 saturated carbocycles. The minimum Gasteiger partial charge on any atom is -0.446 e. The molecular formula is C18H25NO3Si. The summed E-state index contributed by atoms with van der Waals surface area (Å²) in [5.74, 6) is 2.97. The van der Waals surface area contributed by atoms with E-state index in [4.69, 9.17) is 9.16 Å². The minimum atomic E-state index is -1.82. The van der Waals surface area contributed by atoms with E-state index in [0.29, 0.717) is 13.2 Å². The lowest BCUT2D eigenvalue weighted by molar-refractivity contribution is 0.167. The van der Waals surface area contributed by atoms with Crippen LogP contribution in [0.2, 0.25) is 18.1 Å². The fourth-order valence-corrected chi connectivity index (χ4v) is 2.88. The third-order valence-corrected chi connectivity index (χ3v) is 9.05. The predicted molar refractivity (Wildman–Crippen MR) is 93.3 cm³/mol. The van der Waals surface area contributed by atoms with E-state index in [1.807, 2.05) is 30.3 Å². The summed E-state index contributed by atoms with van der Waals surface area (Å²) < 4.78 is 11.2. The lowest BCUT2D eigenvalue weighted by Gasteiger charge is -2.35. The Hall–Kier alpha value is -1.77. The van der Waals surface area contributed by atoms with E-state index in [0.717, 1.165) is 5.56 Å². The van der Waals surface area contributed by atoms with Gasteiger partial charge in [0.1, 0.15) is 12.6 Å². The van der Waals surface area contributed by atoms with E-state index in [1.165, 1.54) is 4.90 Å². The van der Waals surface area contributed by atoms with Crippen LogP contribution in [0.3, 0.4) is 0 Å². The Balaban J connectivity index is 2.03. The number of ether oxygens (including phenoxy) is 1. The Kier molecular flexibility index (Phi) is 5.18. The van der Waals surface area contributed by atoms with Crippen molar-refractivity contribution in [2.24, 2.45) is 0 Å². The molecule has 1 aliphatic rings. The van der Waals surface area contributed by atoms with Crippen LogP contribution in [0.5, 0.6) is 0 Å². The molecule has 23 heavy (non-hydrogen) atoms. The third kappa shape index (κ3) is 4.15. The number of amides is 1. The molecule has 0 spiro atoms. The molecule has 0 N–H and O–H groups in total. The molecule has 0 radical (unpaired) electrons. The van der Waals surface area contributed by atoms with Crippen LogP contribution in [0.4, 0.5) is 4.79 Å². The highest BCUT2D eigenvalue weighted by Crippen LogP contribution is 2.36. The number of cyclic esters (lactones) is 1. The fraction of sp³-hybridized carbons (Fsp3) is 0.500. The molecule has 0 bridgehead atoms. The number of carbonyl (C=O) groups excluding carboxylic acids is 1. The van der Waals surface area contributed by atoms with Gasteiger partial charge in [-0.2, -0.15) is 0 Å². The summed E-state index contributed by atoms with van der Waals surface area (Å²) in [5, 5.41) is 0.147. The third-order valence-electron chi connectivity index (χ3n) is 4.57. The van der Waals surface area contributed by atoms with Crippen molar-refractivity contribution in [3.63, 3.8) is 0 Å².